The molecular weight excluding hydrogens is 357 g/mol. The Labute approximate surface area is 156 Å². The number of carbonyl (C=O) groups excluding carboxylic acids is 2. The van der Waals surface area contributed by atoms with Crippen LogP contribution in [-0.4, -0.2) is 18.4 Å². The Morgan fingerprint density at radius 3 is 2.30 bits per heavy atom. The van der Waals surface area contributed by atoms with Gasteiger partial charge in [0.05, 0.1) is 5.56 Å². The van der Waals surface area contributed by atoms with Gasteiger partial charge in [-0.05, 0) is 42.3 Å². The summed E-state index contributed by atoms with van der Waals surface area (Å²) in [7, 11) is 0. The Kier molecular flexibility index (Phi) is 6.60. The lowest BCUT2D eigenvalue weighted by Crippen LogP contribution is -2.32. The Morgan fingerprint density at radius 1 is 1.07 bits per heavy atom. The van der Waals surface area contributed by atoms with Crippen molar-refractivity contribution in [2.24, 2.45) is 0 Å². The van der Waals surface area contributed by atoms with Crippen LogP contribution in [0, 0.1) is 0 Å². The summed E-state index contributed by atoms with van der Waals surface area (Å²) >= 11 is 0. The highest BCUT2D eigenvalue weighted by molar-refractivity contribution is 5.94. The molecule has 0 aliphatic heterocycles. The minimum atomic E-state index is -4.48. The first-order valence-electron chi connectivity index (χ1n) is 8.55. The molecule has 144 valence electrons. The quantitative estimate of drug-likeness (QED) is 0.796. The van der Waals surface area contributed by atoms with Gasteiger partial charge in [-0.25, -0.2) is 0 Å². The normalized spacial score (nSPS) is 11.1. The van der Waals surface area contributed by atoms with Crippen LogP contribution in [0.15, 0.2) is 48.5 Å². The van der Waals surface area contributed by atoms with Crippen LogP contribution in [0.1, 0.15) is 31.4 Å². The van der Waals surface area contributed by atoms with E-state index < -0.39 is 17.6 Å². The van der Waals surface area contributed by atoms with Crippen LogP contribution in [0.3, 0.4) is 0 Å². The maximum atomic E-state index is 12.7. The molecule has 2 aromatic rings. The zero-order valence-corrected chi connectivity index (χ0v) is 15.1. The largest absolute Gasteiger partial charge is 0.416 e. The first kappa shape index (κ1) is 20.5. The maximum absolute atomic E-state index is 12.7. The summed E-state index contributed by atoms with van der Waals surface area (Å²) in [5.74, 6) is -0.683. The second kappa shape index (κ2) is 8.70. The maximum Gasteiger partial charge on any atom is 0.416 e. The van der Waals surface area contributed by atoms with Gasteiger partial charge >= 0.3 is 6.18 Å². The number of alkyl halides is 3. The van der Waals surface area contributed by atoms with Crippen molar-refractivity contribution < 1.29 is 22.8 Å². The number of aryl methyl sites for hydroxylation is 1. The van der Waals surface area contributed by atoms with Crippen molar-refractivity contribution >= 4 is 23.2 Å². The fourth-order valence-electron chi connectivity index (χ4n) is 2.59. The van der Waals surface area contributed by atoms with E-state index in [2.05, 4.69) is 5.32 Å². The third-order valence-corrected chi connectivity index (χ3v) is 4.07. The third kappa shape index (κ3) is 5.84. The molecule has 4 nitrogen and oxygen atoms in total. The molecule has 0 bridgehead atoms. The highest BCUT2D eigenvalue weighted by Crippen LogP contribution is 2.30. The van der Waals surface area contributed by atoms with E-state index in [0.29, 0.717) is 5.69 Å². The molecule has 2 aromatic carbocycles. The molecule has 1 N–H and O–H groups in total. The highest BCUT2D eigenvalue weighted by atomic mass is 19.4. The minimum absolute atomic E-state index is 0.0364. The van der Waals surface area contributed by atoms with E-state index in [1.165, 1.54) is 24.0 Å². The molecule has 0 atom stereocenters. The van der Waals surface area contributed by atoms with E-state index >= 15 is 0 Å². The molecule has 2 amide bonds. The number of anilines is 2. The number of nitrogens with zero attached hydrogens (tertiary/aromatic N) is 1. The van der Waals surface area contributed by atoms with E-state index in [9.17, 15) is 22.8 Å². The lowest BCUT2D eigenvalue weighted by atomic mass is 10.1. The molecule has 0 spiro atoms. The van der Waals surface area contributed by atoms with Gasteiger partial charge in [0.2, 0.25) is 11.8 Å². The number of benzene rings is 2. The molecule has 0 radical (unpaired) electrons. The van der Waals surface area contributed by atoms with Gasteiger partial charge in [0.25, 0.3) is 0 Å². The summed E-state index contributed by atoms with van der Waals surface area (Å²) in [4.78, 5) is 25.5. The smallest absolute Gasteiger partial charge is 0.326 e. The second-order valence-electron chi connectivity index (χ2n) is 6.07. The van der Waals surface area contributed by atoms with Crippen molar-refractivity contribution in [2.45, 2.75) is 32.9 Å². The molecule has 0 heterocycles. The monoisotopic (exact) mass is 378 g/mol. The van der Waals surface area contributed by atoms with Crippen LogP contribution in [0.5, 0.6) is 0 Å². The van der Waals surface area contributed by atoms with Gasteiger partial charge in [0, 0.05) is 31.3 Å². The third-order valence-electron chi connectivity index (χ3n) is 4.07. The average Bonchev–Trinajstić information content (AvgIpc) is 2.61. The van der Waals surface area contributed by atoms with Crippen LogP contribution in [0.2, 0.25) is 0 Å². The summed E-state index contributed by atoms with van der Waals surface area (Å²) in [5.41, 5.74) is 1.04. The van der Waals surface area contributed by atoms with Crippen molar-refractivity contribution in [3.05, 3.63) is 59.7 Å². The standard InChI is InChI=1S/C20H21F3N2O2/c1-3-15-7-9-18(10-8-15)25(14(2)26)12-11-19(27)24-17-6-4-5-16(13-17)20(21,22)23/h4-10,13H,3,11-12H2,1-2H3,(H,24,27). The Bertz CT molecular complexity index is 802. The van der Waals surface area contributed by atoms with Crippen molar-refractivity contribution in [1.29, 1.82) is 0 Å². The number of hydrogen-bond donors (Lipinski definition) is 1. The second-order valence-corrected chi connectivity index (χ2v) is 6.07. The molecule has 0 saturated heterocycles. The van der Waals surface area contributed by atoms with Gasteiger partial charge in [-0.1, -0.05) is 25.1 Å². The Balaban J connectivity index is 2.01. The molecule has 0 aromatic heterocycles. The Morgan fingerprint density at radius 2 is 1.74 bits per heavy atom. The molecule has 7 heteroatoms. The lowest BCUT2D eigenvalue weighted by molar-refractivity contribution is -0.137. The van der Waals surface area contributed by atoms with Gasteiger partial charge in [0.15, 0.2) is 0 Å². The minimum Gasteiger partial charge on any atom is -0.326 e. The summed E-state index contributed by atoms with van der Waals surface area (Å²) in [6.07, 6.45) is -3.64. The van der Waals surface area contributed by atoms with Crippen molar-refractivity contribution in [3.8, 4) is 0 Å². The Hall–Kier alpha value is -2.83. The number of amides is 2. The summed E-state index contributed by atoms with van der Waals surface area (Å²) in [5, 5.41) is 2.44. The number of halogens is 3. The molecule has 0 fully saturated rings. The zero-order chi connectivity index (χ0) is 20.0. The van der Waals surface area contributed by atoms with Crippen molar-refractivity contribution in [1.82, 2.24) is 0 Å². The summed E-state index contributed by atoms with van der Waals surface area (Å²) in [6, 6.07) is 11.9. The van der Waals surface area contributed by atoms with Gasteiger partial charge < -0.3 is 10.2 Å². The van der Waals surface area contributed by atoms with Gasteiger partial charge in [-0.2, -0.15) is 13.2 Å². The highest BCUT2D eigenvalue weighted by Gasteiger charge is 2.30. The van der Waals surface area contributed by atoms with Crippen molar-refractivity contribution in [2.75, 3.05) is 16.8 Å². The number of rotatable bonds is 6. The molecule has 27 heavy (non-hydrogen) atoms. The van der Waals surface area contributed by atoms with Crippen LogP contribution in [-0.2, 0) is 22.2 Å². The van der Waals surface area contributed by atoms with Crippen LogP contribution in [0.4, 0.5) is 24.5 Å². The van der Waals surface area contributed by atoms with E-state index in [4.69, 9.17) is 0 Å². The molecular formula is C20H21F3N2O2. The predicted molar refractivity (Wildman–Crippen MR) is 98.5 cm³/mol. The first-order valence-corrected chi connectivity index (χ1v) is 8.55. The van der Waals surface area contributed by atoms with E-state index in [-0.39, 0.29) is 24.6 Å². The fraction of sp³-hybridized carbons (Fsp3) is 0.300. The average molecular weight is 378 g/mol. The fourth-order valence-corrected chi connectivity index (χ4v) is 2.59. The topological polar surface area (TPSA) is 49.4 Å². The van der Waals surface area contributed by atoms with Crippen LogP contribution < -0.4 is 10.2 Å². The first-order chi connectivity index (χ1) is 12.7. The molecule has 0 aliphatic carbocycles. The van der Waals surface area contributed by atoms with E-state index in [1.807, 2.05) is 31.2 Å². The summed E-state index contributed by atoms with van der Waals surface area (Å²) in [6.45, 7) is 3.56. The molecule has 0 unspecified atom stereocenters. The van der Waals surface area contributed by atoms with Gasteiger partial charge in [0.1, 0.15) is 0 Å². The molecule has 2 rings (SSSR count). The van der Waals surface area contributed by atoms with Gasteiger partial charge in [-0.3, -0.25) is 9.59 Å². The van der Waals surface area contributed by atoms with E-state index in [0.717, 1.165) is 24.1 Å². The van der Waals surface area contributed by atoms with Gasteiger partial charge in [-0.15, -0.1) is 0 Å². The molecule has 0 saturated carbocycles. The van der Waals surface area contributed by atoms with Crippen molar-refractivity contribution in [3.63, 3.8) is 0 Å². The number of carbonyl (C=O) groups is 2. The van der Waals surface area contributed by atoms with Crippen LogP contribution >= 0.6 is 0 Å². The number of nitrogens with one attached hydrogen (secondary N) is 1. The van der Waals surface area contributed by atoms with E-state index in [1.54, 1.807) is 0 Å². The zero-order valence-electron chi connectivity index (χ0n) is 15.1. The SMILES string of the molecule is CCc1ccc(N(CCC(=O)Nc2cccc(C(F)(F)F)c2)C(C)=O)cc1. The van der Waals surface area contributed by atoms with Crippen LogP contribution in [0.25, 0.3) is 0 Å². The number of hydrogen-bond acceptors (Lipinski definition) is 2. The molecule has 0 aliphatic rings. The summed E-state index contributed by atoms with van der Waals surface area (Å²) < 4.78 is 38.2. The predicted octanol–water partition coefficient (Wildman–Crippen LogP) is 4.65. The lowest BCUT2D eigenvalue weighted by Gasteiger charge is -2.21.